The maximum Gasteiger partial charge on any atom is 0.190 e. The Morgan fingerprint density at radius 2 is 2.25 bits per heavy atom. The Bertz CT molecular complexity index is 752. The standard InChI is InChI=1S/C16H18F2N4O2/c1-23-16-12(17)3-2-10(15(16)18)7-21-5-4-13-14(8-21)24-9-11-6-19-20-22(11)13/h2-3,6,13-14H,4-5,7-9H2,1H3/t13-,14-/m0/s1. The van der Waals surface area contributed by atoms with Crippen LogP contribution in [0.15, 0.2) is 18.3 Å². The van der Waals surface area contributed by atoms with Crippen molar-refractivity contribution in [2.45, 2.75) is 31.7 Å². The van der Waals surface area contributed by atoms with Crippen molar-refractivity contribution in [1.82, 2.24) is 19.9 Å². The fraction of sp³-hybridized carbons (Fsp3) is 0.500. The molecule has 8 heteroatoms. The van der Waals surface area contributed by atoms with Crippen molar-refractivity contribution in [2.75, 3.05) is 20.2 Å². The van der Waals surface area contributed by atoms with Gasteiger partial charge >= 0.3 is 0 Å². The molecule has 1 aromatic carbocycles. The van der Waals surface area contributed by atoms with Crippen molar-refractivity contribution in [3.05, 3.63) is 41.2 Å². The van der Waals surface area contributed by atoms with E-state index in [1.54, 1.807) is 6.20 Å². The highest BCUT2D eigenvalue weighted by Crippen LogP contribution is 2.32. The van der Waals surface area contributed by atoms with E-state index in [0.717, 1.165) is 18.7 Å². The van der Waals surface area contributed by atoms with Crippen LogP contribution in [0, 0.1) is 11.6 Å². The first-order chi connectivity index (χ1) is 11.7. The summed E-state index contributed by atoms with van der Waals surface area (Å²) in [6.07, 6.45) is 2.57. The summed E-state index contributed by atoms with van der Waals surface area (Å²) in [5.74, 6) is -1.65. The summed E-state index contributed by atoms with van der Waals surface area (Å²) in [4.78, 5) is 2.11. The quantitative estimate of drug-likeness (QED) is 0.857. The first-order valence-corrected chi connectivity index (χ1v) is 7.91. The maximum atomic E-state index is 14.3. The molecule has 0 unspecified atom stereocenters. The van der Waals surface area contributed by atoms with E-state index in [2.05, 4.69) is 15.2 Å². The van der Waals surface area contributed by atoms with E-state index < -0.39 is 11.6 Å². The first kappa shape index (κ1) is 15.5. The predicted octanol–water partition coefficient (Wildman–Crippen LogP) is 1.91. The minimum Gasteiger partial charge on any atom is -0.491 e. The van der Waals surface area contributed by atoms with Gasteiger partial charge in [-0.1, -0.05) is 11.3 Å². The van der Waals surface area contributed by atoms with Crippen LogP contribution < -0.4 is 4.74 Å². The molecule has 4 rings (SSSR count). The minimum atomic E-state index is -0.688. The average Bonchev–Trinajstić information content (AvgIpc) is 3.07. The van der Waals surface area contributed by atoms with Crippen LogP contribution in [-0.4, -0.2) is 46.2 Å². The number of fused-ring (bicyclic) bond motifs is 3. The minimum absolute atomic E-state index is 0.00152. The summed E-state index contributed by atoms with van der Waals surface area (Å²) < 4.78 is 40.5. The van der Waals surface area contributed by atoms with Gasteiger partial charge in [-0.2, -0.15) is 0 Å². The van der Waals surface area contributed by atoms with Crippen molar-refractivity contribution in [3.8, 4) is 5.75 Å². The molecule has 3 heterocycles. The number of aromatic nitrogens is 3. The van der Waals surface area contributed by atoms with E-state index in [9.17, 15) is 8.78 Å². The molecule has 2 atom stereocenters. The normalized spacial score (nSPS) is 23.6. The van der Waals surface area contributed by atoms with Crippen LogP contribution in [0.4, 0.5) is 8.78 Å². The number of hydrogen-bond acceptors (Lipinski definition) is 5. The molecule has 0 spiro atoms. The van der Waals surface area contributed by atoms with E-state index >= 15 is 0 Å². The Morgan fingerprint density at radius 3 is 3.08 bits per heavy atom. The van der Waals surface area contributed by atoms with Crippen LogP contribution in [0.2, 0.25) is 0 Å². The Morgan fingerprint density at radius 1 is 1.38 bits per heavy atom. The van der Waals surface area contributed by atoms with E-state index in [1.807, 2.05) is 4.68 Å². The van der Waals surface area contributed by atoms with Crippen LogP contribution in [-0.2, 0) is 17.9 Å². The van der Waals surface area contributed by atoms with Gasteiger partial charge in [-0.25, -0.2) is 13.5 Å². The number of hydrogen-bond donors (Lipinski definition) is 0. The maximum absolute atomic E-state index is 14.3. The predicted molar refractivity (Wildman–Crippen MR) is 80.4 cm³/mol. The molecule has 1 fully saturated rings. The summed E-state index contributed by atoms with van der Waals surface area (Å²) in [6, 6.07) is 2.87. The molecule has 0 saturated carbocycles. The van der Waals surface area contributed by atoms with Gasteiger partial charge in [0, 0.05) is 25.2 Å². The van der Waals surface area contributed by atoms with Gasteiger partial charge in [0.25, 0.3) is 0 Å². The summed E-state index contributed by atoms with van der Waals surface area (Å²) in [6.45, 7) is 2.33. The van der Waals surface area contributed by atoms with Crippen molar-refractivity contribution < 1.29 is 18.3 Å². The molecule has 0 aliphatic carbocycles. The van der Waals surface area contributed by atoms with Gasteiger partial charge in [0.2, 0.25) is 0 Å². The first-order valence-electron chi connectivity index (χ1n) is 7.91. The third-order valence-corrected chi connectivity index (χ3v) is 4.74. The highest BCUT2D eigenvalue weighted by atomic mass is 19.1. The molecule has 2 aliphatic heterocycles. The highest BCUT2D eigenvalue weighted by Gasteiger charge is 2.36. The second-order valence-electron chi connectivity index (χ2n) is 6.16. The Labute approximate surface area is 138 Å². The molecule has 0 bridgehead atoms. The lowest BCUT2D eigenvalue weighted by Gasteiger charge is -2.41. The lowest BCUT2D eigenvalue weighted by molar-refractivity contribution is -0.0705. The zero-order valence-corrected chi connectivity index (χ0v) is 13.3. The fourth-order valence-corrected chi connectivity index (χ4v) is 3.52. The van der Waals surface area contributed by atoms with Crippen LogP contribution in [0.5, 0.6) is 5.75 Å². The third kappa shape index (κ3) is 2.55. The van der Waals surface area contributed by atoms with Crippen LogP contribution in [0.25, 0.3) is 0 Å². The molecule has 0 amide bonds. The zero-order chi connectivity index (χ0) is 16.7. The number of likely N-dealkylation sites (tertiary alicyclic amines) is 1. The summed E-state index contributed by atoms with van der Waals surface area (Å²) in [5, 5.41) is 8.09. The molecular formula is C16H18F2N4O2. The van der Waals surface area contributed by atoms with E-state index in [0.29, 0.717) is 25.3 Å². The number of methoxy groups -OCH3 is 1. The SMILES string of the molecule is COc1c(F)ccc(CN2CC[C@H]3[C@H](C2)OCc2cnnn23)c1F. The van der Waals surface area contributed by atoms with Gasteiger partial charge in [0.1, 0.15) is 0 Å². The van der Waals surface area contributed by atoms with Crippen LogP contribution in [0.1, 0.15) is 23.7 Å². The number of halogens is 2. The van der Waals surface area contributed by atoms with Gasteiger partial charge in [-0.05, 0) is 12.5 Å². The number of benzene rings is 1. The molecule has 0 N–H and O–H groups in total. The van der Waals surface area contributed by atoms with Crippen molar-refractivity contribution >= 4 is 0 Å². The molecule has 2 aliphatic rings. The molecule has 24 heavy (non-hydrogen) atoms. The van der Waals surface area contributed by atoms with Gasteiger partial charge in [-0.15, -0.1) is 5.10 Å². The number of ether oxygens (including phenoxy) is 2. The Balaban J connectivity index is 1.49. The molecule has 6 nitrogen and oxygen atoms in total. The van der Waals surface area contributed by atoms with Crippen molar-refractivity contribution in [3.63, 3.8) is 0 Å². The topological polar surface area (TPSA) is 52.4 Å². The van der Waals surface area contributed by atoms with Crippen molar-refractivity contribution in [1.29, 1.82) is 0 Å². The molecule has 0 radical (unpaired) electrons. The molecular weight excluding hydrogens is 318 g/mol. The highest BCUT2D eigenvalue weighted by molar-refractivity contribution is 5.32. The van der Waals surface area contributed by atoms with Crippen LogP contribution >= 0.6 is 0 Å². The molecule has 128 valence electrons. The number of rotatable bonds is 3. The zero-order valence-electron chi connectivity index (χ0n) is 13.3. The fourth-order valence-electron chi connectivity index (χ4n) is 3.52. The summed E-state index contributed by atoms with van der Waals surface area (Å²) >= 11 is 0. The Kier molecular flexibility index (Phi) is 3.93. The lowest BCUT2D eigenvalue weighted by atomic mass is 9.99. The van der Waals surface area contributed by atoms with Gasteiger partial charge in [0.05, 0.1) is 37.8 Å². The third-order valence-electron chi connectivity index (χ3n) is 4.74. The molecule has 2 aromatic rings. The van der Waals surface area contributed by atoms with Gasteiger partial charge in [-0.3, -0.25) is 4.90 Å². The van der Waals surface area contributed by atoms with E-state index in [4.69, 9.17) is 9.47 Å². The monoisotopic (exact) mass is 336 g/mol. The second-order valence-corrected chi connectivity index (χ2v) is 6.16. The second kappa shape index (κ2) is 6.10. The molecule has 1 aromatic heterocycles. The number of nitrogens with zero attached hydrogens (tertiary/aromatic N) is 4. The van der Waals surface area contributed by atoms with Crippen LogP contribution in [0.3, 0.4) is 0 Å². The Hall–Kier alpha value is -2.06. The van der Waals surface area contributed by atoms with Gasteiger partial charge < -0.3 is 9.47 Å². The largest absolute Gasteiger partial charge is 0.491 e. The molecule has 1 saturated heterocycles. The number of piperidine rings is 1. The summed E-state index contributed by atoms with van der Waals surface area (Å²) in [7, 11) is 1.27. The summed E-state index contributed by atoms with van der Waals surface area (Å²) in [5.41, 5.74) is 1.41. The van der Waals surface area contributed by atoms with Gasteiger partial charge in [0.15, 0.2) is 17.4 Å². The smallest absolute Gasteiger partial charge is 0.190 e. The van der Waals surface area contributed by atoms with E-state index in [1.165, 1.54) is 19.2 Å². The van der Waals surface area contributed by atoms with E-state index in [-0.39, 0.29) is 17.9 Å². The lowest BCUT2D eigenvalue weighted by Crippen LogP contribution is -2.48. The average molecular weight is 336 g/mol. The van der Waals surface area contributed by atoms with Crippen molar-refractivity contribution in [2.24, 2.45) is 0 Å².